The summed E-state index contributed by atoms with van der Waals surface area (Å²) in [7, 11) is 0. The highest BCUT2D eigenvalue weighted by atomic mass is 32.1. The minimum Gasteiger partial charge on any atom is -0.246 e. The van der Waals surface area contributed by atoms with Gasteiger partial charge in [-0.25, -0.2) is 4.98 Å². The molecule has 2 aromatic rings. The van der Waals surface area contributed by atoms with Gasteiger partial charge in [0.15, 0.2) is 0 Å². The van der Waals surface area contributed by atoms with Crippen molar-refractivity contribution < 1.29 is 0 Å². The molecule has 0 amide bonds. The molecule has 0 radical (unpaired) electrons. The Morgan fingerprint density at radius 3 is 2.92 bits per heavy atom. The third-order valence-corrected chi connectivity index (χ3v) is 2.92. The summed E-state index contributed by atoms with van der Waals surface area (Å²) in [5.74, 6) is 0. The lowest BCUT2D eigenvalue weighted by molar-refractivity contribution is 0.980. The molecule has 0 aliphatic carbocycles. The predicted octanol–water partition coefficient (Wildman–Crippen LogP) is 1.89. The van der Waals surface area contributed by atoms with E-state index in [9.17, 15) is 0 Å². The van der Waals surface area contributed by atoms with Crippen LogP contribution in [0.5, 0.6) is 0 Å². The van der Waals surface area contributed by atoms with Gasteiger partial charge in [-0.2, -0.15) is 0 Å². The zero-order valence-corrected chi connectivity index (χ0v) is 8.15. The second-order valence-electron chi connectivity index (χ2n) is 2.37. The average molecular weight is 197 g/mol. The SMILES string of the molecule is Cc1nc(Cc2nncs2)cs1. The highest BCUT2D eigenvalue weighted by Crippen LogP contribution is 2.13. The molecule has 62 valence electrons. The van der Waals surface area contributed by atoms with Crippen molar-refractivity contribution in [1.82, 2.24) is 15.2 Å². The van der Waals surface area contributed by atoms with Crippen LogP contribution in [0.1, 0.15) is 15.7 Å². The van der Waals surface area contributed by atoms with Gasteiger partial charge in [0.05, 0.1) is 10.7 Å². The Hall–Kier alpha value is -0.810. The standard InChI is InChI=1S/C7H7N3S2/c1-5-9-6(3-11-5)2-7-10-8-4-12-7/h3-4H,2H2,1H3. The van der Waals surface area contributed by atoms with Gasteiger partial charge in [0.25, 0.3) is 0 Å². The van der Waals surface area contributed by atoms with Crippen LogP contribution in [0.4, 0.5) is 0 Å². The van der Waals surface area contributed by atoms with E-state index >= 15 is 0 Å². The van der Waals surface area contributed by atoms with E-state index in [0.29, 0.717) is 0 Å². The molecule has 2 aromatic heterocycles. The Morgan fingerprint density at radius 1 is 1.42 bits per heavy atom. The molecule has 5 heteroatoms. The molecule has 0 aliphatic rings. The Labute approximate surface area is 78.1 Å². The monoisotopic (exact) mass is 197 g/mol. The summed E-state index contributed by atoms with van der Waals surface area (Å²) in [5, 5.41) is 11.9. The first kappa shape index (κ1) is 7.82. The molecule has 0 unspecified atom stereocenters. The van der Waals surface area contributed by atoms with Gasteiger partial charge in [0, 0.05) is 11.8 Å². The minimum atomic E-state index is 0.814. The lowest BCUT2D eigenvalue weighted by atomic mass is 10.4. The number of rotatable bonds is 2. The van der Waals surface area contributed by atoms with Gasteiger partial charge in [-0.1, -0.05) is 0 Å². The van der Waals surface area contributed by atoms with Crippen LogP contribution in [0.15, 0.2) is 10.9 Å². The molecule has 3 nitrogen and oxygen atoms in total. The molecule has 0 N–H and O–H groups in total. The van der Waals surface area contributed by atoms with E-state index in [2.05, 4.69) is 20.6 Å². The van der Waals surface area contributed by atoms with Crippen LogP contribution >= 0.6 is 22.7 Å². The highest BCUT2D eigenvalue weighted by molar-refractivity contribution is 7.10. The highest BCUT2D eigenvalue weighted by Gasteiger charge is 2.02. The molecule has 0 fully saturated rings. The summed E-state index contributed by atoms with van der Waals surface area (Å²) < 4.78 is 0. The lowest BCUT2D eigenvalue weighted by Crippen LogP contribution is -1.87. The fourth-order valence-corrected chi connectivity index (χ4v) is 2.07. The van der Waals surface area contributed by atoms with Gasteiger partial charge < -0.3 is 0 Å². The van der Waals surface area contributed by atoms with Crippen LogP contribution in [0, 0.1) is 6.92 Å². The molecule has 0 aliphatic heterocycles. The first-order chi connectivity index (χ1) is 5.84. The molecule has 0 saturated carbocycles. The number of nitrogens with zero attached hydrogens (tertiary/aromatic N) is 3. The summed E-state index contributed by atoms with van der Waals surface area (Å²) in [5.41, 5.74) is 2.84. The Balaban J connectivity index is 2.14. The van der Waals surface area contributed by atoms with E-state index in [1.807, 2.05) is 6.92 Å². The molecule has 0 saturated heterocycles. The van der Waals surface area contributed by atoms with Crippen molar-refractivity contribution in [2.24, 2.45) is 0 Å². The van der Waals surface area contributed by atoms with Gasteiger partial charge >= 0.3 is 0 Å². The summed E-state index contributed by atoms with van der Waals surface area (Å²) in [6, 6.07) is 0. The van der Waals surface area contributed by atoms with Crippen LogP contribution < -0.4 is 0 Å². The quantitative estimate of drug-likeness (QED) is 0.738. The fourth-order valence-electron chi connectivity index (χ4n) is 0.917. The first-order valence-electron chi connectivity index (χ1n) is 3.50. The lowest BCUT2D eigenvalue weighted by Gasteiger charge is -1.87. The van der Waals surface area contributed by atoms with Crippen molar-refractivity contribution in [3.8, 4) is 0 Å². The number of thiazole rings is 1. The number of hydrogen-bond acceptors (Lipinski definition) is 5. The molecular formula is C7H7N3S2. The maximum atomic E-state index is 4.34. The molecule has 0 atom stereocenters. The van der Waals surface area contributed by atoms with Crippen molar-refractivity contribution in [2.75, 3.05) is 0 Å². The third-order valence-electron chi connectivity index (χ3n) is 1.40. The van der Waals surface area contributed by atoms with Crippen molar-refractivity contribution in [2.45, 2.75) is 13.3 Å². The first-order valence-corrected chi connectivity index (χ1v) is 5.26. The van der Waals surface area contributed by atoms with E-state index < -0.39 is 0 Å². The molecule has 2 heterocycles. The maximum absolute atomic E-state index is 4.34. The smallest absolute Gasteiger partial charge is 0.123 e. The molecule has 0 aromatic carbocycles. The number of aryl methyl sites for hydroxylation is 1. The van der Waals surface area contributed by atoms with Crippen molar-refractivity contribution in [3.05, 3.63) is 26.6 Å². The van der Waals surface area contributed by atoms with Crippen LogP contribution in [0.3, 0.4) is 0 Å². The Kier molecular flexibility index (Phi) is 2.14. The molecular weight excluding hydrogens is 190 g/mol. The largest absolute Gasteiger partial charge is 0.246 e. The van der Waals surface area contributed by atoms with Gasteiger partial charge in [-0.05, 0) is 6.92 Å². The van der Waals surface area contributed by atoms with Gasteiger partial charge in [-0.15, -0.1) is 32.9 Å². The van der Waals surface area contributed by atoms with Crippen LogP contribution in [-0.2, 0) is 6.42 Å². The number of aromatic nitrogens is 3. The summed E-state index contributed by atoms with van der Waals surface area (Å²) in [6.45, 7) is 2.01. The van der Waals surface area contributed by atoms with Crippen molar-refractivity contribution >= 4 is 22.7 Å². The van der Waals surface area contributed by atoms with E-state index in [1.165, 1.54) is 0 Å². The normalized spacial score (nSPS) is 10.4. The van der Waals surface area contributed by atoms with Gasteiger partial charge in [0.2, 0.25) is 0 Å². The number of hydrogen-bond donors (Lipinski definition) is 0. The molecule has 2 rings (SSSR count). The van der Waals surface area contributed by atoms with E-state index in [-0.39, 0.29) is 0 Å². The molecule has 12 heavy (non-hydrogen) atoms. The van der Waals surface area contributed by atoms with E-state index in [4.69, 9.17) is 0 Å². The van der Waals surface area contributed by atoms with E-state index in [1.54, 1.807) is 28.2 Å². The Bertz CT molecular complexity index is 352. The third kappa shape index (κ3) is 1.67. The minimum absolute atomic E-state index is 0.814. The second-order valence-corrected chi connectivity index (χ2v) is 4.35. The average Bonchev–Trinajstić information content (AvgIpc) is 2.63. The maximum Gasteiger partial charge on any atom is 0.123 e. The second kappa shape index (κ2) is 3.28. The zero-order valence-electron chi connectivity index (χ0n) is 6.52. The van der Waals surface area contributed by atoms with E-state index in [0.717, 1.165) is 22.1 Å². The van der Waals surface area contributed by atoms with Gasteiger partial charge in [-0.3, -0.25) is 0 Å². The topological polar surface area (TPSA) is 38.7 Å². The molecule has 0 bridgehead atoms. The van der Waals surface area contributed by atoms with Crippen LogP contribution in [0.2, 0.25) is 0 Å². The predicted molar refractivity (Wildman–Crippen MR) is 49.6 cm³/mol. The summed E-state index contributed by atoms with van der Waals surface area (Å²) in [4.78, 5) is 4.34. The Morgan fingerprint density at radius 2 is 2.33 bits per heavy atom. The summed E-state index contributed by atoms with van der Waals surface area (Å²) in [6.07, 6.45) is 0.814. The van der Waals surface area contributed by atoms with Crippen molar-refractivity contribution in [1.29, 1.82) is 0 Å². The summed E-state index contributed by atoms with van der Waals surface area (Å²) >= 11 is 3.24. The molecule has 0 spiro atoms. The zero-order chi connectivity index (χ0) is 8.39. The van der Waals surface area contributed by atoms with Crippen LogP contribution in [-0.4, -0.2) is 15.2 Å². The van der Waals surface area contributed by atoms with Crippen LogP contribution in [0.25, 0.3) is 0 Å². The van der Waals surface area contributed by atoms with Crippen molar-refractivity contribution in [3.63, 3.8) is 0 Å². The van der Waals surface area contributed by atoms with Gasteiger partial charge in [0.1, 0.15) is 10.5 Å². The fraction of sp³-hybridized carbons (Fsp3) is 0.286.